The maximum absolute atomic E-state index is 3.52. The minimum absolute atomic E-state index is 0.425. The van der Waals surface area contributed by atoms with Crippen LogP contribution in [0.4, 0.5) is 0 Å². The van der Waals surface area contributed by atoms with Crippen molar-refractivity contribution in [1.82, 2.24) is 10.6 Å². The van der Waals surface area contributed by atoms with E-state index in [-0.39, 0.29) is 0 Å². The fourth-order valence-electron chi connectivity index (χ4n) is 1.43. The Kier molecular flexibility index (Phi) is 5.07. The van der Waals surface area contributed by atoms with E-state index in [0.29, 0.717) is 5.41 Å². The van der Waals surface area contributed by atoms with E-state index in [1.165, 1.54) is 19.4 Å². The van der Waals surface area contributed by atoms with Gasteiger partial charge in [0.1, 0.15) is 0 Å². The van der Waals surface area contributed by atoms with Gasteiger partial charge in [0.25, 0.3) is 0 Å². The van der Waals surface area contributed by atoms with Gasteiger partial charge in [0.15, 0.2) is 0 Å². The summed E-state index contributed by atoms with van der Waals surface area (Å²) in [5.41, 5.74) is 0.425. The highest BCUT2D eigenvalue weighted by Gasteiger charge is 2.20. The number of hydrogen-bond donors (Lipinski definition) is 2. The van der Waals surface area contributed by atoms with Crippen LogP contribution in [-0.4, -0.2) is 26.2 Å². The van der Waals surface area contributed by atoms with Crippen molar-refractivity contribution in [3.8, 4) is 0 Å². The molecule has 1 atom stereocenters. The molecule has 1 aliphatic carbocycles. The predicted molar refractivity (Wildman–Crippen MR) is 67.1 cm³/mol. The highest BCUT2D eigenvalue weighted by molar-refractivity contribution is 4.75. The Morgan fingerprint density at radius 2 is 1.73 bits per heavy atom. The first-order valence-electron chi connectivity index (χ1n) is 6.41. The summed E-state index contributed by atoms with van der Waals surface area (Å²) >= 11 is 0. The molecule has 0 amide bonds. The van der Waals surface area contributed by atoms with Gasteiger partial charge in [-0.2, -0.15) is 0 Å². The molecule has 0 aromatic carbocycles. The number of nitrogens with one attached hydrogen (secondary N) is 2. The molecule has 1 unspecified atom stereocenters. The lowest BCUT2D eigenvalue weighted by molar-refractivity contribution is 0.253. The smallest absolute Gasteiger partial charge is 0.00768 e. The molecule has 2 nitrogen and oxygen atoms in total. The maximum Gasteiger partial charge on any atom is 0.00768 e. The van der Waals surface area contributed by atoms with Crippen LogP contribution in [0.3, 0.4) is 0 Å². The fourth-order valence-corrected chi connectivity index (χ4v) is 1.43. The molecule has 0 radical (unpaired) electrons. The summed E-state index contributed by atoms with van der Waals surface area (Å²) < 4.78 is 0. The third-order valence-corrected chi connectivity index (χ3v) is 3.54. The average Bonchev–Trinajstić information content (AvgIpc) is 2.92. The Bertz CT molecular complexity index is 168. The van der Waals surface area contributed by atoms with E-state index in [2.05, 4.69) is 38.3 Å². The van der Waals surface area contributed by atoms with Gasteiger partial charge in [0.05, 0.1) is 0 Å². The number of hydrogen-bond acceptors (Lipinski definition) is 2. The molecular formula is C13H28N2. The van der Waals surface area contributed by atoms with Crippen LogP contribution < -0.4 is 10.6 Å². The molecule has 1 rings (SSSR count). The Balaban J connectivity index is 1.87. The summed E-state index contributed by atoms with van der Waals surface area (Å²) in [4.78, 5) is 0. The molecule has 2 heteroatoms. The standard InChI is InChI=1S/C13H28N2/c1-11(13(2,3)4)9-14-7-8-15-10-12-5-6-12/h11-12,14-15H,5-10H2,1-4H3. The first kappa shape index (κ1) is 13.0. The Labute approximate surface area is 95.2 Å². The van der Waals surface area contributed by atoms with E-state index in [1.807, 2.05) is 0 Å². The van der Waals surface area contributed by atoms with Gasteiger partial charge in [0.2, 0.25) is 0 Å². The first-order chi connectivity index (χ1) is 7.00. The zero-order chi connectivity index (χ0) is 11.3. The van der Waals surface area contributed by atoms with Gasteiger partial charge < -0.3 is 10.6 Å². The van der Waals surface area contributed by atoms with Crippen molar-refractivity contribution in [2.24, 2.45) is 17.3 Å². The second kappa shape index (κ2) is 5.86. The summed E-state index contributed by atoms with van der Waals surface area (Å²) in [6.07, 6.45) is 2.89. The predicted octanol–water partition coefficient (Wildman–Crippen LogP) is 2.26. The zero-order valence-electron chi connectivity index (χ0n) is 10.9. The second-order valence-corrected chi connectivity index (χ2v) is 6.12. The van der Waals surface area contributed by atoms with Gasteiger partial charge >= 0.3 is 0 Å². The van der Waals surface area contributed by atoms with Crippen LogP contribution in [-0.2, 0) is 0 Å². The third-order valence-electron chi connectivity index (χ3n) is 3.54. The van der Waals surface area contributed by atoms with Crippen molar-refractivity contribution in [1.29, 1.82) is 0 Å². The molecule has 2 N–H and O–H groups in total. The van der Waals surface area contributed by atoms with E-state index >= 15 is 0 Å². The number of rotatable bonds is 7. The summed E-state index contributed by atoms with van der Waals surface area (Å²) in [7, 11) is 0. The Hall–Kier alpha value is -0.0800. The van der Waals surface area contributed by atoms with Gasteiger partial charge in [-0.1, -0.05) is 27.7 Å². The Morgan fingerprint density at radius 1 is 1.13 bits per heavy atom. The van der Waals surface area contributed by atoms with Crippen molar-refractivity contribution < 1.29 is 0 Å². The molecule has 0 aromatic heterocycles. The van der Waals surface area contributed by atoms with Crippen LogP contribution in [0.25, 0.3) is 0 Å². The van der Waals surface area contributed by atoms with Crippen LogP contribution in [0.15, 0.2) is 0 Å². The lowest BCUT2D eigenvalue weighted by atomic mass is 9.82. The lowest BCUT2D eigenvalue weighted by Crippen LogP contribution is -2.34. The van der Waals surface area contributed by atoms with E-state index < -0.39 is 0 Å². The topological polar surface area (TPSA) is 24.1 Å². The minimum atomic E-state index is 0.425. The quantitative estimate of drug-likeness (QED) is 0.633. The summed E-state index contributed by atoms with van der Waals surface area (Å²) in [5, 5.41) is 7.02. The molecule has 0 saturated heterocycles. The van der Waals surface area contributed by atoms with Crippen LogP contribution in [0.2, 0.25) is 0 Å². The van der Waals surface area contributed by atoms with Crippen LogP contribution in [0, 0.1) is 17.3 Å². The zero-order valence-corrected chi connectivity index (χ0v) is 10.9. The summed E-state index contributed by atoms with van der Waals surface area (Å²) in [6, 6.07) is 0. The van der Waals surface area contributed by atoms with Crippen LogP contribution in [0.5, 0.6) is 0 Å². The summed E-state index contributed by atoms with van der Waals surface area (Å²) in [5.74, 6) is 1.74. The molecule has 1 aliphatic rings. The highest BCUT2D eigenvalue weighted by Crippen LogP contribution is 2.27. The molecule has 0 aromatic rings. The highest BCUT2D eigenvalue weighted by atomic mass is 14.9. The van der Waals surface area contributed by atoms with Gasteiger partial charge in [-0.05, 0) is 43.2 Å². The average molecular weight is 212 g/mol. The molecule has 1 saturated carbocycles. The molecule has 0 heterocycles. The largest absolute Gasteiger partial charge is 0.315 e. The lowest BCUT2D eigenvalue weighted by Gasteiger charge is -2.27. The van der Waals surface area contributed by atoms with Crippen molar-refractivity contribution in [3.05, 3.63) is 0 Å². The van der Waals surface area contributed by atoms with Crippen molar-refractivity contribution >= 4 is 0 Å². The Morgan fingerprint density at radius 3 is 2.27 bits per heavy atom. The fraction of sp³-hybridized carbons (Fsp3) is 1.00. The van der Waals surface area contributed by atoms with Gasteiger partial charge in [0, 0.05) is 13.1 Å². The maximum atomic E-state index is 3.52. The SMILES string of the molecule is CC(CNCCNCC1CC1)C(C)(C)C. The molecule has 15 heavy (non-hydrogen) atoms. The molecule has 1 fully saturated rings. The van der Waals surface area contributed by atoms with Gasteiger partial charge in [-0.3, -0.25) is 0 Å². The van der Waals surface area contributed by atoms with Gasteiger partial charge in [-0.15, -0.1) is 0 Å². The van der Waals surface area contributed by atoms with E-state index in [4.69, 9.17) is 0 Å². The van der Waals surface area contributed by atoms with Crippen molar-refractivity contribution in [2.45, 2.75) is 40.5 Å². The first-order valence-corrected chi connectivity index (χ1v) is 6.41. The van der Waals surface area contributed by atoms with Crippen LogP contribution >= 0.6 is 0 Å². The monoisotopic (exact) mass is 212 g/mol. The molecule has 0 aliphatic heterocycles. The normalized spacial score (nSPS) is 19.2. The summed E-state index contributed by atoms with van der Waals surface area (Å²) in [6.45, 7) is 13.8. The molecular weight excluding hydrogens is 184 g/mol. The molecule has 0 bridgehead atoms. The van der Waals surface area contributed by atoms with Crippen molar-refractivity contribution in [3.63, 3.8) is 0 Å². The van der Waals surface area contributed by atoms with E-state index in [1.54, 1.807) is 0 Å². The van der Waals surface area contributed by atoms with Gasteiger partial charge in [-0.25, -0.2) is 0 Å². The third kappa shape index (κ3) is 6.16. The van der Waals surface area contributed by atoms with Crippen molar-refractivity contribution in [2.75, 3.05) is 26.2 Å². The van der Waals surface area contributed by atoms with E-state index in [0.717, 1.165) is 31.5 Å². The minimum Gasteiger partial charge on any atom is -0.315 e. The molecule has 0 spiro atoms. The van der Waals surface area contributed by atoms with E-state index in [9.17, 15) is 0 Å². The molecule has 90 valence electrons. The van der Waals surface area contributed by atoms with Crippen LogP contribution in [0.1, 0.15) is 40.5 Å². The second-order valence-electron chi connectivity index (χ2n) is 6.12.